The Bertz CT molecular complexity index is 555. The maximum Gasteiger partial charge on any atom is 0.170 e. The third-order valence-corrected chi connectivity index (χ3v) is 2.86. The van der Waals surface area contributed by atoms with Crippen molar-refractivity contribution in [3.05, 3.63) is 29.6 Å². The molecule has 0 atom stereocenters. The van der Waals surface area contributed by atoms with Crippen molar-refractivity contribution in [2.24, 2.45) is 0 Å². The minimum atomic E-state index is 0.563. The number of aromatic nitrogens is 4. The Morgan fingerprint density at radius 1 is 1.30 bits per heavy atom. The smallest absolute Gasteiger partial charge is 0.170 e. The maximum atomic E-state index is 5.37. The zero-order valence-corrected chi connectivity index (χ0v) is 12.0. The summed E-state index contributed by atoms with van der Waals surface area (Å²) in [5.74, 6) is 1.46. The van der Waals surface area contributed by atoms with Crippen molar-refractivity contribution in [2.45, 2.75) is 13.5 Å². The molecule has 0 spiro atoms. The molecule has 0 unspecified atom stereocenters. The number of benzene rings is 1. The zero-order valence-electron chi connectivity index (χ0n) is 12.0. The average Bonchev–Trinajstić information content (AvgIpc) is 2.92. The van der Waals surface area contributed by atoms with Gasteiger partial charge >= 0.3 is 0 Å². The molecule has 20 heavy (non-hydrogen) atoms. The molecule has 1 aromatic heterocycles. The van der Waals surface area contributed by atoms with Crippen LogP contribution in [0.3, 0.4) is 0 Å². The van der Waals surface area contributed by atoms with E-state index in [1.165, 1.54) is 0 Å². The van der Waals surface area contributed by atoms with Crippen LogP contribution in [0.15, 0.2) is 18.2 Å². The van der Waals surface area contributed by atoms with Gasteiger partial charge in [0.1, 0.15) is 11.4 Å². The minimum Gasteiger partial charge on any atom is -0.494 e. The molecule has 0 bridgehead atoms. The van der Waals surface area contributed by atoms with Crippen LogP contribution in [0.1, 0.15) is 11.4 Å². The Morgan fingerprint density at radius 2 is 2.15 bits per heavy atom. The van der Waals surface area contributed by atoms with Gasteiger partial charge in [0.15, 0.2) is 5.82 Å². The van der Waals surface area contributed by atoms with Crippen LogP contribution in [0.4, 0.5) is 0 Å². The highest BCUT2D eigenvalue weighted by molar-refractivity contribution is 5.48. The van der Waals surface area contributed by atoms with E-state index in [2.05, 4.69) is 20.8 Å². The standard InChI is InChI=1S/C13H19N5O2/c1-10-4-5-12(20-3)11(8-10)18-13(15-16-17-18)9-14-6-7-19-2/h4-5,8,14H,6-7,9H2,1-3H3. The topological polar surface area (TPSA) is 74.1 Å². The molecule has 1 N–H and O–H groups in total. The number of tetrazole rings is 1. The van der Waals surface area contributed by atoms with Gasteiger partial charge in [0.25, 0.3) is 0 Å². The normalized spacial score (nSPS) is 10.8. The Hall–Kier alpha value is -1.99. The van der Waals surface area contributed by atoms with E-state index in [0.717, 1.165) is 29.4 Å². The molecule has 1 heterocycles. The molecule has 0 fully saturated rings. The van der Waals surface area contributed by atoms with Crippen molar-refractivity contribution >= 4 is 0 Å². The molecule has 7 heteroatoms. The number of ether oxygens (including phenoxy) is 2. The van der Waals surface area contributed by atoms with Crippen molar-refractivity contribution < 1.29 is 9.47 Å². The minimum absolute atomic E-state index is 0.563. The van der Waals surface area contributed by atoms with E-state index < -0.39 is 0 Å². The highest BCUT2D eigenvalue weighted by atomic mass is 16.5. The van der Waals surface area contributed by atoms with Crippen LogP contribution in [0.5, 0.6) is 5.75 Å². The lowest BCUT2D eigenvalue weighted by atomic mass is 10.2. The van der Waals surface area contributed by atoms with Crippen LogP contribution < -0.4 is 10.1 Å². The molecule has 108 valence electrons. The van der Waals surface area contributed by atoms with Crippen LogP contribution in [-0.2, 0) is 11.3 Å². The Balaban J connectivity index is 2.21. The molecule has 0 saturated heterocycles. The van der Waals surface area contributed by atoms with Gasteiger partial charge in [0, 0.05) is 13.7 Å². The van der Waals surface area contributed by atoms with E-state index >= 15 is 0 Å². The first-order chi connectivity index (χ1) is 9.76. The Morgan fingerprint density at radius 3 is 2.90 bits per heavy atom. The number of nitrogens with one attached hydrogen (secondary N) is 1. The average molecular weight is 277 g/mol. The van der Waals surface area contributed by atoms with E-state index in [0.29, 0.717) is 13.2 Å². The molecule has 0 aliphatic rings. The summed E-state index contributed by atoms with van der Waals surface area (Å²) in [6.07, 6.45) is 0. The molecule has 0 radical (unpaired) electrons. The molecule has 0 saturated carbocycles. The molecular formula is C13H19N5O2. The first-order valence-corrected chi connectivity index (χ1v) is 6.38. The Labute approximate surface area is 117 Å². The van der Waals surface area contributed by atoms with Crippen molar-refractivity contribution in [2.75, 3.05) is 27.4 Å². The third kappa shape index (κ3) is 3.31. The van der Waals surface area contributed by atoms with E-state index in [-0.39, 0.29) is 0 Å². The fourth-order valence-electron chi connectivity index (χ4n) is 1.84. The summed E-state index contributed by atoms with van der Waals surface area (Å²) in [7, 11) is 3.30. The summed E-state index contributed by atoms with van der Waals surface area (Å²) in [5, 5.41) is 15.0. The molecule has 0 amide bonds. The second-order valence-corrected chi connectivity index (χ2v) is 4.35. The molecule has 0 aliphatic carbocycles. The number of methoxy groups -OCH3 is 2. The summed E-state index contributed by atoms with van der Waals surface area (Å²) < 4.78 is 12.0. The van der Waals surface area contributed by atoms with Gasteiger partial charge in [-0.25, -0.2) is 0 Å². The highest BCUT2D eigenvalue weighted by Crippen LogP contribution is 2.23. The monoisotopic (exact) mass is 277 g/mol. The second kappa shape index (κ2) is 6.97. The van der Waals surface area contributed by atoms with Crippen molar-refractivity contribution in [1.29, 1.82) is 0 Å². The van der Waals surface area contributed by atoms with Gasteiger partial charge in [0.2, 0.25) is 0 Å². The van der Waals surface area contributed by atoms with E-state index in [4.69, 9.17) is 9.47 Å². The fraction of sp³-hybridized carbons (Fsp3) is 0.462. The van der Waals surface area contributed by atoms with Crippen molar-refractivity contribution in [1.82, 2.24) is 25.5 Å². The van der Waals surface area contributed by atoms with E-state index in [1.807, 2.05) is 25.1 Å². The quantitative estimate of drug-likeness (QED) is 0.752. The number of aryl methyl sites for hydroxylation is 1. The summed E-state index contributed by atoms with van der Waals surface area (Å²) in [6.45, 7) is 3.97. The highest BCUT2D eigenvalue weighted by Gasteiger charge is 2.12. The summed E-state index contributed by atoms with van der Waals surface area (Å²) in [6, 6.07) is 5.89. The lowest BCUT2D eigenvalue weighted by Gasteiger charge is -2.10. The van der Waals surface area contributed by atoms with Crippen molar-refractivity contribution in [3.63, 3.8) is 0 Å². The molecule has 1 aromatic carbocycles. The number of rotatable bonds is 7. The largest absolute Gasteiger partial charge is 0.494 e. The summed E-state index contributed by atoms with van der Waals surface area (Å²) in [4.78, 5) is 0. The van der Waals surface area contributed by atoms with Gasteiger partial charge < -0.3 is 14.8 Å². The predicted molar refractivity (Wildman–Crippen MR) is 74.0 cm³/mol. The van der Waals surface area contributed by atoms with Gasteiger partial charge in [-0.3, -0.25) is 0 Å². The first-order valence-electron chi connectivity index (χ1n) is 6.38. The first kappa shape index (κ1) is 14.4. The summed E-state index contributed by atoms with van der Waals surface area (Å²) in [5.41, 5.74) is 1.95. The van der Waals surface area contributed by atoms with E-state index in [1.54, 1.807) is 18.9 Å². The fourth-order valence-corrected chi connectivity index (χ4v) is 1.84. The lowest BCUT2D eigenvalue weighted by molar-refractivity contribution is 0.199. The van der Waals surface area contributed by atoms with Crippen LogP contribution in [0, 0.1) is 6.92 Å². The van der Waals surface area contributed by atoms with Crippen LogP contribution in [0.25, 0.3) is 5.69 Å². The van der Waals surface area contributed by atoms with E-state index in [9.17, 15) is 0 Å². The molecule has 7 nitrogen and oxygen atoms in total. The van der Waals surface area contributed by atoms with Crippen molar-refractivity contribution in [3.8, 4) is 11.4 Å². The van der Waals surface area contributed by atoms with Gasteiger partial charge in [-0.05, 0) is 35.0 Å². The van der Waals surface area contributed by atoms with Crippen LogP contribution >= 0.6 is 0 Å². The van der Waals surface area contributed by atoms with Gasteiger partial charge in [-0.2, -0.15) is 4.68 Å². The van der Waals surface area contributed by atoms with Crippen LogP contribution in [0.2, 0.25) is 0 Å². The second-order valence-electron chi connectivity index (χ2n) is 4.35. The molecule has 2 rings (SSSR count). The molecule has 0 aliphatic heterocycles. The molecular weight excluding hydrogens is 258 g/mol. The maximum absolute atomic E-state index is 5.37. The van der Waals surface area contributed by atoms with Gasteiger partial charge in [-0.15, -0.1) is 5.10 Å². The zero-order chi connectivity index (χ0) is 14.4. The molecule has 2 aromatic rings. The predicted octanol–water partition coefficient (Wildman–Crippen LogP) is 0.715. The summed E-state index contributed by atoms with van der Waals surface area (Å²) >= 11 is 0. The van der Waals surface area contributed by atoms with Gasteiger partial charge in [0.05, 0.1) is 20.3 Å². The third-order valence-electron chi connectivity index (χ3n) is 2.86. The number of hydrogen-bond acceptors (Lipinski definition) is 6. The number of hydrogen-bond donors (Lipinski definition) is 1. The number of nitrogens with zero attached hydrogens (tertiary/aromatic N) is 4. The lowest BCUT2D eigenvalue weighted by Crippen LogP contribution is -2.21. The van der Waals surface area contributed by atoms with Gasteiger partial charge in [-0.1, -0.05) is 6.07 Å². The Kier molecular flexibility index (Phi) is 5.03. The van der Waals surface area contributed by atoms with Crippen LogP contribution in [-0.4, -0.2) is 47.6 Å². The SMILES string of the molecule is COCCNCc1nnnn1-c1cc(C)ccc1OC.